The maximum absolute atomic E-state index is 13.5. The molecule has 8 heteroatoms. The van der Waals surface area contributed by atoms with Gasteiger partial charge in [0.2, 0.25) is 0 Å². The number of carbonyl (C=O) groups is 2. The Balaban J connectivity index is 1.60. The Labute approximate surface area is 236 Å². The zero-order chi connectivity index (χ0) is 28.2. The van der Waals surface area contributed by atoms with E-state index in [1.807, 2.05) is 36.4 Å². The lowest BCUT2D eigenvalue weighted by Gasteiger charge is -2.25. The summed E-state index contributed by atoms with van der Waals surface area (Å²) in [5, 5.41) is 11.8. The van der Waals surface area contributed by atoms with Crippen LogP contribution in [0.5, 0.6) is 17.2 Å². The van der Waals surface area contributed by atoms with Crippen molar-refractivity contribution in [2.45, 2.75) is 12.6 Å². The second-order valence-electron chi connectivity index (χ2n) is 9.03. The first-order chi connectivity index (χ1) is 19.4. The highest BCUT2D eigenvalue weighted by atomic mass is 35.5. The molecule has 0 saturated carbocycles. The maximum atomic E-state index is 13.5. The third-order valence-electron chi connectivity index (χ3n) is 6.65. The highest BCUT2D eigenvalue weighted by Crippen LogP contribution is 2.45. The smallest absolute Gasteiger partial charge is 0.300 e. The van der Waals surface area contributed by atoms with Gasteiger partial charge >= 0.3 is 0 Å². The monoisotopic (exact) mass is 555 g/mol. The van der Waals surface area contributed by atoms with E-state index in [9.17, 15) is 14.7 Å². The number of anilines is 1. The van der Waals surface area contributed by atoms with E-state index >= 15 is 0 Å². The predicted molar refractivity (Wildman–Crippen MR) is 153 cm³/mol. The number of aliphatic hydroxyl groups is 1. The molecule has 1 heterocycles. The van der Waals surface area contributed by atoms with E-state index in [0.29, 0.717) is 29.4 Å². The number of nitrogens with zero attached hydrogens (tertiary/aromatic N) is 1. The standard InChI is InChI=1S/C32H26ClNO6/c1-38-26-18-27(39-2)25(33)17-24(26)30(35)28-29(34(32(37)31(28)36)22-11-7-4-8-12-22)21-13-15-23(16-14-21)40-19-20-9-5-3-6-10-20/h3-18,29,35H,19H2,1-2H3/b30-28+. The van der Waals surface area contributed by atoms with E-state index in [1.165, 1.54) is 31.3 Å². The van der Waals surface area contributed by atoms with E-state index in [-0.39, 0.29) is 21.9 Å². The molecule has 0 aliphatic carbocycles. The van der Waals surface area contributed by atoms with Gasteiger partial charge in [0.25, 0.3) is 11.7 Å². The zero-order valence-electron chi connectivity index (χ0n) is 21.8. The number of methoxy groups -OCH3 is 2. The number of rotatable bonds is 8. The van der Waals surface area contributed by atoms with Gasteiger partial charge in [-0.1, -0.05) is 72.3 Å². The van der Waals surface area contributed by atoms with Crippen molar-refractivity contribution in [2.75, 3.05) is 19.1 Å². The zero-order valence-corrected chi connectivity index (χ0v) is 22.6. The molecule has 202 valence electrons. The molecule has 4 aromatic carbocycles. The SMILES string of the molecule is COc1cc(OC)c(/C(O)=C2\C(=O)C(=O)N(c3ccccc3)C2c2ccc(OCc3ccccc3)cc2)cc1Cl. The molecule has 1 aliphatic rings. The number of aliphatic hydroxyl groups excluding tert-OH is 1. The summed E-state index contributed by atoms with van der Waals surface area (Å²) in [7, 11) is 2.88. The Kier molecular flexibility index (Phi) is 7.75. The van der Waals surface area contributed by atoms with Crippen molar-refractivity contribution in [3.63, 3.8) is 0 Å². The molecule has 1 fully saturated rings. The molecule has 4 aromatic rings. The number of Topliss-reactive ketones (excluding diaryl/α,β-unsaturated/α-hetero) is 1. The average molecular weight is 556 g/mol. The molecule has 0 bridgehead atoms. The predicted octanol–water partition coefficient (Wildman–Crippen LogP) is 6.56. The summed E-state index contributed by atoms with van der Waals surface area (Å²) in [6.07, 6.45) is 0. The van der Waals surface area contributed by atoms with Crippen molar-refractivity contribution in [3.8, 4) is 17.2 Å². The fourth-order valence-corrected chi connectivity index (χ4v) is 4.92. The number of ether oxygens (including phenoxy) is 3. The highest BCUT2D eigenvalue weighted by molar-refractivity contribution is 6.51. The van der Waals surface area contributed by atoms with Gasteiger partial charge in [0.05, 0.1) is 36.4 Å². The van der Waals surface area contributed by atoms with Crippen molar-refractivity contribution in [2.24, 2.45) is 0 Å². The van der Waals surface area contributed by atoms with Crippen molar-refractivity contribution < 1.29 is 28.9 Å². The molecule has 1 unspecified atom stereocenters. The number of ketones is 1. The number of carbonyl (C=O) groups excluding carboxylic acids is 2. The molecule has 1 amide bonds. The molecule has 1 atom stereocenters. The summed E-state index contributed by atoms with van der Waals surface area (Å²) in [5.74, 6) is -0.818. The highest BCUT2D eigenvalue weighted by Gasteiger charge is 2.47. The van der Waals surface area contributed by atoms with Crippen LogP contribution in [0.15, 0.2) is 103 Å². The Morgan fingerprint density at radius 3 is 2.10 bits per heavy atom. The van der Waals surface area contributed by atoms with Gasteiger partial charge in [0, 0.05) is 11.8 Å². The summed E-state index contributed by atoms with van der Waals surface area (Å²) in [4.78, 5) is 28.3. The minimum absolute atomic E-state index is 0.0914. The molecule has 0 spiro atoms. The van der Waals surface area contributed by atoms with Gasteiger partial charge in [-0.25, -0.2) is 0 Å². The Morgan fingerprint density at radius 2 is 1.48 bits per heavy atom. The lowest BCUT2D eigenvalue weighted by Crippen LogP contribution is -2.29. The van der Waals surface area contributed by atoms with E-state index in [1.54, 1.807) is 48.5 Å². The summed E-state index contributed by atoms with van der Waals surface area (Å²) in [6.45, 7) is 0.390. The van der Waals surface area contributed by atoms with Crippen molar-refractivity contribution in [3.05, 3.63) is 124 Å². The lowest BCUT2D eigenvalue weighted by atomic mass is 9.94. The van der Waals surface area contributed by atoms with Crippen LogP contribution in [-0.4, -0.2) is 31.0 Å². The first-order valence-electron chi connectivity index (χ1n) is 12.5. The number of hydrogen-bond acceptors (Lipinski definition) is 6. The fraction of sp³-hybridized carbons (Fsp3) is 0.125. The molecule has 1 aliphatic heterocycles. The number of amides is 1. The van der Waals surface area contributed by atoms with Gasteiger partial charge < -0.3 is 19.3 Å². The van der Waals surface area contributed by atoms with Crippen LogP contribution in [0.2, 0.25) is 5.02 Å². The minimum atomic E-state index is -0.920. The van der Waals surface area contributed by atoms with Gasteiger partial charge in [0.15, 0.2) is 0 Å². The third kappa shape index (κ3) is 5.11. The van der Waals surface area contributed by atoms with Crippen LogP contribution >= 0.6 is 11.6 Å². The van der Waals surface area contributed by atoms with Crippen LogP contribution in [0.3, 0.4) is 0 Å². The van der Waals surface area contributed by atoms with Gasteiger partial charge in [0.1, 0.15) is 29.6 Å². The number of para-hydroxylation sites is 1. The van der Waals surface area contributed by atoms with E-state index < -0.39 is 23.5 Å². The number of hydrogen-bond donors (Lipinski definition) is 1. The Hall–Kier alpha value is -4.75. The van der Waals surface area contributed by atoms with E-state index in [0.717, 1.165) is 5.56 Å². The fourth-order valence-electron chi connectivity index (χ4n) is 4.68. The summed E-state index contributed by atoms with van der Waals surface area (Å²) in [6, 6.07) is 27.8. The van der Waals surface area contributed by atoms with Crippen LogP contribution in [0.25, 0.3) is 5.76 Å². The van der Waals surface area contributed by atoms with Crippen LogP contribution < -0.4 is 19.1 Å². The van der Waals surface area contributed by atoms with Gasteiger partial charge in [-0.3, -0.25) is 14.5 Å². The van der Waals surface area contributed by atoms with Crippen molar-refractivity contribution in [1.29, 1.82) is 0 Å². The Bertz CT molecular complexity index is 1570. The van der Waals surface area contributed by atoms with Gasteiger partial charge in [-0.2, -0.15) is 0 Å². The van der Waals surface area contributed by atoms with Gasteiger partial charge in [-0.15, -0.1) is 0 Å². The molecule has 7 nitrogen and oxygen atoms in total. The van der Waals surface area contributed by atoms with Crippen LogP contribution in [0.4, 0.5) is 5.69 Å². The van der Waals surface area contributed by atoms with Crippen molar-refractivity contribution >= 4 is 34.7 Å². The first-order valence-corrected chi connectivity index (χ1v) is 12.9. The summed E-state index contributed by atoms with van der Waals surface area (Å²) >= 11 is 6.35. The first kappa shape index (κ1) is 26.8. The second kappa shape index (κ2) is 11.6. The molecule has 1 saturated heterocycles. The van der Waals surface area contributed by atoms with Crippen molar-refractivity contribution in [1.82, 2.24) is 0 Å². The molecule has 40 heavy (non-hydrogen) atoms. The topological polar surface area (TPSA) is 85.3 Å². The Morgan fingerprint density at radius 1 is 0.850 bits per heavy atom. The van der Waals surface area contributed by atoms with Gasteiger partial charge in [-0.05, 0) is 41.5 Å². The normalized spacial score (nSPS) is 16.2. The van der Waals surface area contributed by atoms with E-state index in [4.69, 9.17) is 25.8 Å². The van der Waals surface area contributed by atoms with E-state index in [2.05, 4.69) is 0 Å². The molecular formula is C32H26ClNO6. The number of benzene rings is 4. The summed E-state index contributed by atoms with van der Waals surface area (Å²) in [5.41, 5.74) is 2.21. The molecule has 0 aromatic heterocycles. The minimum Gasteiger partial charge on any atom is -0.507 e. The largest absolute Gasteiger partial charge is 0.507 e. The third-order valence-corrected chi connectivity index (χ3v) is 6.95. The number of halogens is 1. The van der Waals surface area contributed by atoms with Crippen LogP contribution in [-0.2, 0) is 16.2 Å². The molecule has 5 rings (SSSR count). The molecule has 1 N–H and O–H groups in total. The van der Waals surface area contributed by atoms with Crippen LogP contribution in [0, 0.1) is 0 Å². The van der Waals surface area contributed by atoms with Crippen LogP contribution in [0.1, 0.15) is 22.7 Å². The average Bonchev–Trinajstić information content (AvgIpc) is 3.26. The summed E-state index contributed by atoms with van der Waals surface area (Å²) < 4.78 is 16.6. The maximum Gasteiger partial charge on any atom is 0.300 e. The second-order valence-corrected chi connectivity index (χ2v) is 9.44. The quantitative estimate of drug-likeness (QED) is 0.150. The lowest BCUT2D eigenvalue weighted by molar-refractivity contribution is -0.132. The molecular weight excluding hydrogens is 530 g/mol. The molecule has 0 radical (unpaired) electrons.